The summed E-state index contributed by atoms with van der Waals surface area (Å²) >= 11 is 0. The number of pyridine rings is 2. The molecule has 0 N–H and O–H groups in total. The number of aromatic nitrogens is 4. The highest BCUT2D eigenvalue weighted by molar-refractivity contribution is 6.22. The zero-order valence-corrected chi connectivity index (χ0v) is 29.3. The minimum atomic E-state index is 0.941. The van der Waals surface area contributed by atoms with Crippen molar-refractivity contribution < 1.29 is 0 Å². The predicted molar refractivity (Wildman–Crippen MR) is 224 cm³/mol. The number of nitrogens with zero attached hydrogens (tertiary/aromatic N) is 4. The van der Waals surface area contributed by atoms with Crippen molar-refractivity contribution in [2.45, 2.75) is 0 Å². The fraction of sp³-hybridized carbons (Fsp3) is 0. The van der Waals surface area contributed by atoms with Gasteiger partial charge in [-0.1, -0.05) is 133 Å². The van der Waals surface area contributed by atoms with Crippen molar-refractivity contribution in [3.05, 3.63) is 195 Å². The summed E-state index contributed by atoms with van der Waals surface area (Å²) in [4.78, 5) is 9.77. The fourth-order valence-corrected chi connectivity index (χ4v) is 8.11. The van der Waals surface area contributed by atoms with Crippen LogP contribution in [0.15, 0.2) is 195 Å². The number of fused-ring (bicyclic) bond motifs is 5. The Hall–Kier alpha value is -7.30. The van der Waals surface area contributed by atoms with Crippen LogP contribution in [0.25, 0.3) is 99.5 Å². The second kappa shape index (κ2) is 12.1. The van der Waals surface area contributed by atoms with Gasteiger partial charge in [0.25, 0.3) is 0 Å². The second-order valence-corrected chi connectivity index (χ2v) is 14.0. The van der Waals surface area contributed by atoms with Gasteiger partial charge in [0.15, 0.2) is 0 Å². The maximum Gasteiger partial charge on any atom is 0.137 e. The highest BCUT2D eigenvalue weighted by Gasteiger charge is 2.18. The van der Waals surface area contributed by atoms with Crippen molar-refractivity contribution in [1.29, 1.82) is 0 Å². The quantitative estimate of drug-likeness (QED) is 0.169. The van der Waals surface area contributed by atoms with E-state index in [0.29, 0.717) is 0 Å². The van der Waals surface area contributed by atoms with Crippen molar-refractivity contribution in [2.75, 3.05) is 0 Å². The Morgan fingerprint density at radius 2 is 0.759 bits per heavy atom. The highest BCUT2D eigenvalue weighted by atomic mass is 15.0. The maximum atomic E-state index is 4.89. The van der Waals surface area contributed by atoms with Gasteiger partial charge in [-0.2, -0.15) is 0 Å². The Kier molecular flexibility index (Phi) is 6.82. The molecule has 11 rings (SSSR count). The van der Waals surface area contributed by atoms with Crippen LogP contribution in [-0.2, 0) is 0 Å². The van der Waals surface area contributed by atoms with Crippen molar-refractivity contribution in [3.8, 4) is 55.9 Å². The third kappa shape index (κ3) is 5.00. The lowest BCUT2D eigenvalue weighted by Crippen LogP contribution is -1.92. The maximum absolute atomic E-state index is 4.89. The Labute approximate surface area is 311 Å². The van der Waals surface area contributed by atoms with Crippen LogP contribution >= 0.6 is 0 Å². The summed E-state index contributed by atoms with van der Waals surface area (Å²) in [5.74, 6) is 0. The van der Waals surface area contributed by atoms with Crippen LogP contribution in [-0.4, -0.2) is 18.8 Å². The Bertz CT molecular complexity index is 3140. The molecule has 0 aliphatic rings. The van der Waals surface area contributed by atoms with E-state index in [9.17, 15) is 0 Å². The Morgan fingerprint density at radius 1 is 0.315 bits per heavy atom. The van der Waals surface area contributed by atoms with Crippen LogP contribution < -0.4 is 0 Å². The molecule has 0 atom stereocenters. The summed E-state index contributed by atoms with van der Waals surface area (Å²) in [7, 11) is 0. The second-order valence-electron chi connectivity index (χ2n) is 14.0. The molecule has 0 aliphatic heterocycles. The van der Waals surface area contributed by atoms with E-state index in [-0.39, 0.29) is 0 Å². The molecular weight excluding hydrogens is 657 g/mol. The summed E-state index contributed by atoms with van der Waals surface area (Å²) in [6.45, 7) is 0. The van der Waals surface area contributed by atoms with Crippen LogP contribution in [0.2, 0.25) is 0 Å². The smallest absolute Gasteiger partial charge is 0.137 e. The fourth-order valence-electron chi connectivity index (χ4n) is 8.11. The standard InChI is InChI=1S/C50H32N4/c1-2-10-38-29-39(24-15-33(38)9-1)40-25-26-43-44(30-40)50(37-22-18-35(19-23-37)46-32-54-28-8-6-14-48(54)52-46)42-12-4-3-11-41(42)49(43)36-20-16-34(17-21-36)45-31-53-27-7-5-13-47(53)51-45/h1-32H. The number of benzene rings is 7. The monoisotopic (exact) mass is 688 g/mol. The molecule has 0 unspecified atom stereocenters. The van der Waals surface area contributed by atoms with Gasteiger partial charge in [0.2, 0.25) is 0 Å². The lowest BCUT2D eigenvalue weighted by molar-refractivity contribution is 1.19. The Balaban J connectivity index is 1.11. The Morgan fingerprint density at radius 3 is 1.35 bits per heavy atom. The largest absolute Gasteiger partial charge is 0.306 e. The molecule has 0 fully saturated rings. The van der Waals surface area contributed by atoms with Gasteiger partial charge in [-0.3, -0.25) is 0 Å². The first-order chi connectivity index (χ1) is 26.7. The van der Waals surface area contributed by atoms with Gasteiger partial charge in [-0.25, -0.2) is 9.97 Å². The average Bonchev–Trinajstić information content (AvgIpc) is 3.88. The van der Waals surface area contributed by atoms with Crippen LogP contribution in [0.1, 0.15) is 0 Å². The first-order valence-corrected chi connectivity index (χ1v) is 18.3. The van der Waals surface area contributed by atoms with E-state index in [1.165, 1.54) is 65.7 Å². The molecule has 0 radical (unpaired) electrons. The van der Waals surface area contributed by atoms with Gasteiger partial charge in [0.05, 0.1) is 11.4 Å². The van der Waals surface area contributed by atoms with E-state index in [0.717, 1.165) is 33.8 Å². The molecule has 0 bridgehead atoms. The topological polar surface area (TPSA) is 34.6 Å². The van der Waals surface area contributed by atoms with Gasteiger partial charge < -0.3 is 8.80 Å². The average molecular weight is 689 g/mol. The summed E-state index contributed by atoms with van der Waals surface area (Å²) in [5, 5.41) is 7.37. The predicted octanol–water partition coefficient (Wildman–Crippen LogP) is 12.8. The molecule has 0 saturated carbocycles. The molecule has 0 amide bonds. The number of hydrogen-bond acceptors (Lipinski definition) is 2. The summed E-state index contributed by atoms with van der Waals surface area (Å²) in [5.41, 5.74) is 13.2. The van der Waals surface area contributed by atoms with Gasteiger partial charge in [0.1, 0.15) is 11.3 Å². The third-order valence-electron chi connectivity index (χ3n) is 10.8. The number of rotatable bonds is 5. The summed E-state index contributed by atoms with van der Waals surface area (Å²) in [6, 6.07) is 61.2. The SMILES string of the molecule is c1ccc2cc(-c3ccc4c(-c5ccc(-c6cn7ccccc7n6)cc5)c5ccccc5c(-c5ccc(-c6cn7ccccc7n6)cc5)c4c3)ccc2c1. The molecule has 0 aliphatic carbocycles. The third-order valence-corrected chi connectivity index (χ3v) is 10.8. The van der Waals surface area contributed by atoms with Gasteiger partial charge in [0, 0.05) is 35.9 Å². The first-order valence-electron chi connectivity index (χ1n) is 18.3. The molecule has 0 spiro atoms. The van der Waals surface area contributed by atoms with Crippen LogP contribution in [0, 0.1) is 0 Å². The zero-order valence-electron chi connectivity index (χ0n) is 29.3. The molecule has 0 saturated heterocycles. The van der Waals surface area contributed by atoms with Crippen molar-refractivity contribution >= 4 is 43.6 Å². The van der Waals surface area contributed by atoms with E-state index in [1.54, 1.807) is 0 Å². The minimum absolute atomic E-state index is 0.941. The molecule has 54 heavy (non-hydrogen) atoms. The minimum Gasteiger partial charge on any atom is -0.306 e. The normalized spacial score (nSPS) is 11.7. The molecule has 7 aromatic carbocycles. The van der Waals surface area contributed by atoms with Crippen molar-refractivity contribution in [1.82, 2.24) is 18.8 Å². The molecule has 4 nitrogen and oxygen atoms in total. The highest BCUT2D eigenvalue weighted by Crippen LogP contribution is 2.45. The van der Waals surface area contributed by atoms with Crippen molar-refractivity contribution in [2.24, 2.45) is 0 Å². The van der Waals surface area contributed by atoms with E-state index >= 15 is 0 Å². The van der Waals surface area contributed by atoms with E-state index in [4.69, 9.17) is 9.97 Å². The van der Waals surface area contributed by atoms with E-state index in [2.05, 4.69) is 155 Å². The molecule has 4 aromatic heterocycles. The lowest BCUT2D eigenvalue weighted by atomic mass is 9.84. The molecule has 4 heterocycles. The van der Waals surface area contributed by atoms with E-state index in [1.807, 2.05) is 48.8 Å². The molecule has 4 heteroatoms. The van der Waals surface area contributed by atoms with Gasteiger partial charge >= 0.3 is 0 Å². The first kappa shape index (κ1) is 30.3. The van der Waals surface area contributed by atoms with E-state index < -0.39 is 0 Å². The van der Waals surface area contributed by atoms with Crippen LogP contribution in [0.3, 0.4) is 0 Å². The number of imidazole rings is 2. The van der Waals surface area contributed by atoms with Gasteiger partial charge in [-0.05, 0) is 102 Å². The van der Waals surface area contributed by atoms with Crippen LogP contribution in [0.4, 0.5) is 0 Å². The van der Waals surface area contributed by atoms with Crippen LogP contribution in [0.5, 0.6) is 0 Å². The molecule has 252 valence electrons. The summed E-state index contributed by atoms with van der Waals surface area (Å²) < 4.78 is 4.14. The molecule has 11 aromatic rings. The zero-order chi connectivity index (χ0) is 35.6. The van der Waals surface area contributed by atoms with Crippen molar-refractivity contribution in [3.63, 3.8) is 0 Å². The molecular formula is C50H32N4. The summed E-state index contributed by atoms with van der Waals surface area (Å²) in [6.07, 6.45) is 8.28. The lowest BCUT2D eigenvalue weighted by Gasteiger charge is -2.19. The number of hydrogen-bond donors (Lipinski definition) is 0. The van der Waals surface area contributed by atoms with Gasteiger partial charge in [-0.15, -0.1) is 0 Å².